The van der Waals surface area contributed by atoms with Gasteiger partial charge in [0.05, 0.1) is 17.8 Å². The van der Waals surface area contributed by atoms with Crippen molar-refractivity contribution in [2.24, 2.45) is 7.05 Å². The van der Waals surface area contributed by atoms with Gasteiger partial charge in [0, 0.05) is 30.4 Å². The average Bonchev–Trinajstić information content (AvgIpc) is 3.05. The fraction of sp³-hybridized carbons (Fsp3) is 0.500. The highest BCUT2D eigenvalue weighted by Gasteiger charge is 2.18. The lowest BCUT2D eigenvalue weighted by Gasteiger charge is -2.18. The van der Waals surface area contributed by atoms with Crippen LogP contribution in [0.4, 0.5) is 4.79 Å². The number of thiazole rings is 1. The second kappa shape index (κ2) is 6.71. The van der Waals surface area contributed by atoms with Crippen molar-refractivity contribution in [3.8, 4) is 0 Å². The molecule has 0 aromatic carbocycles. The predicted octanol–water partition coefficient (Wildman–Crippen LogP) is 2.70. The predicted molar refractivity (Wildman–Crippen MR) is 83.2 cm³/mol. The monoisotopic (exact) mass is 307 g/mol. The first-order valence-electron chi connectivity index (χ1n) is 6.97. The zero-order valence-corrected chi connectivity index (χ0v) is 13.6. The maximum absolute atomic E-state index is 12.1. The van der Waals surface area contributed by atoms with Crippen LogP contribution < -0.4 is 10.6 Å². The van der Waals surface area contributed by atoms with Gasteiger partial charge in [0.15, 0.2) is 0 Å². The van der Waals surface area contributed by atoms with E-state index in [1.807, 2.05) is 39.4 Å². The number of amides is 2. The molecule has 2 atom stereocenters. The number of nitrogens with zero attached hydrogens (tertiary/aromatic N) is 3. The molecule has 0 saturated carbocycles. The highest BCUT2D eigenvalue weighted by molar-refractivity contribution is 7.09. The van der Waals surface area contributed by atoms with Gasteiger partial charge in [-0.05, 0) is 20.3 Å². The van der Waals surface area contributed by atoms with Crippen molar-refractivity contribution in [1.29, 1.82) is 0 Å². The maximum Gasteiger partial charge on any atom is 0.315 e. The molecule has 0 bridgehead atoms. The topological polar surface area (TPSA) is 71.8 Å². The molecule has 0 fully saturated rings. The van der Waals surface area contributed by atoms with Crippen molar-refractivity contribution < 1.29 is 4.79 Å². The summed E-state index contributed by atoms with van der Waals surface area (Å²) in [7, 11) is 1.87. The van der Waals surface area contributed by atoms with Crippen LogP contribution in [0.5, 0.6) is 0 Å². The Labute approximate surface area is 128 Å². The first-order chi connectivity index (χ1) is 10.0. The smallest absolute Gasteiger partial charge is 0.315 e. The third-order valence-corrected chi connectivity index (χ3v) is 4.22. The number of carbonyl (C=O) groups is 1. The van der Waals surface area contributed by atoms with E-state index in [-0.39, 0.29) is 18.1 Å². The van der Waals surface area contributed by atoms with E-state index in [1.165, 1.54) is 0 Å². The van der Waals surface area contributed by atoms with Crippen LogP contribution in [0.1, 0.15) is 48.6 Å². The molecule has 0 aliphatic heterocycles. The first-order valence-corrected chi connectivity index (χ1v) is 7.85. The Hall–Kier alpha value is -1.89. The van der Waals surface area contributed by atoms with E-state index in [4.69, 9.17) is 0 Å². The highest BCUT2D eigenvalue weighted by Crippen LogP contribution is 2.19. The SMILES string of the molecule is CCC(NC(=O)NC(C)c1cn(C)nc1C)c1nccs1. The minimum atomic E-state index is -0.187. The maximum atomic E-state index is 12.1. The summed E-state index contributed by atoms with van der Waals surface area (Å²) in [4.78, 5) is 16.4. The second-order valence-corrected chi connectivity index (χ2v) is 5.94. The van der Waals surface area contributed by atoms with E-state index < -0.39 is 0 Å². The Kier molecular flexibility index (Phi) is 4.95. The normalized spacial score (nSPS) is 13.7. The van der Waals surface area contributed by atoms with Crippen molar-refractivity contribution >= 4 is 17.4 Å². The van der Waals surface area contributed by atoms with Crippen molar-refractivity contribution in [3.05, 3.63) is 34.0 Å². The third kappa shape index (κ3) is 3.81. The van der Waals surface area contributed by atoms with Crippen LogP contribution in [0.25, 0.3) is 0 Å². The highest BCUT2D eigenvalue weighted by atomic mass is 32.1. The van der Waals surface area contributed by atoms with E-state index in [2.05, 4.69) is 20.7 Å². The molecule has 2 heterocycles. The number of hydrogen-bond donors (Lipinski definition) is 2. The molecule has 2 amide bonds. The molecule has 0 spiro atoms. The van der Waals surface area contributed by atoms with Gasteiger partial charge < -0.3 is 10.6 Å². The van der Waals surface area contributed by atoms with E-state index >= 15 is 0 Å². The molecular formula is C14H21N5OS. The molecule has 114 valence electrons. The van der Waals surface area contributed by atoms with Gasteiger partial charge in [-0.2, -0.15) is 5.10 Å². The quantitative estimate of drug-likeness (QED) is 0.892. The van der Waals surface area contributed by atoms with Crippen molar-refractivity contribution in [3.63, 3.8) is 0 Å². The van der Waals surface area contributed by atoms with E-state index in [0.29, 0.717) is 0 Å². The fourth-order valence-corrected chi connectivity index (χ4v) is 3.04. The molecule has 0 saturated heterocycles. The Morgan fingerprint density at radius 3 is 2.76 bits per heavy atom. The molecule has 2 N–H and O–H groups in total. The summed E-state index contributed by atoms with van der Waals surface area (Å²) in [5.41, 5.74) is 1.95. The Morgan fingerprint density at radius 2 is 2.24 bits per heavy atom. The van der Waals surface area contributed by atoms with E-state index in [9.17, 15) is 4.79 Å². The summed E-state index contributed by atoms with van der Waals surface area (Å²) in [6.45, 7) is 5.92. The van der Waals surface area contributed by atoms with Crippen molar-refractivity contribution in [2.75, 3.05) is 0 Å². The van der Waals surface area contributed by atoms with Crippen LogP contribution in [0.15, 0.2) is 17.8 Å². The average molecular weight is 307 g/mol. The summed E-state index contributed by atoms with van der Waals surface area (Å²) in [5, 5.41) is 13.1. The second-order valence-electron chi connectivity index (χ2n) is 5.01. The number of aryl methyl sites for hydroxylation is 2. The lowest BCUT2D eigenvalue weighted by molar-refractivity contribution is 0.233. The molecular weight excluding hydrogens is 286 g/mol. The standard InChI is InChI=1S/C14H21N5OS/c1-5-12(13-15-6-7-21-13)17-14(20)16-9(2)11-8-19(4)18-10(11)3/h6-9,12H,5H2,1-4H3,(H2,16,17,20). The first kappa shape index (κ1) is 15.5. The van der Waals surface area contributed by atoms with Crippen LogP contribution in [-0.4, -0.2) is 20.8 Å². The number of nitrogens with one attached hydrogen (secondary N) is 2. The molecule has 2 unspecified atom stereocenters. The number of carbonyl (C=O) groups excluding carboxylic acids is 1. The van der Waals surface area contributed by atoms with Crippen LogP contribution >= 0.6 is 11.3 Å². The van der Waals surface area contributed by atoms with Gasteiger partial charge in [0.1, 0.15) is 5.01 Å². The molecule has 2 aromatic rings. The molecule has 2 rings (SSSR count). The molecule has 6 nitrogen and oxygen atoms in total. The van der Waals surface area contributed by atoms with Gasteiger partial charge in [-0.15, -0.1) is 11.3 Å². The minimum Gasteiger partial charge on any atom is -0.332 e. The van der Waals surface area contributed by atoms with E-state index in [1.54, 1.807) is 22.2 Å². The zero-order chi connectivity index (χ0) is 15.4. The molecule has 2 aromatic heterocycles. The summed E-state index contributed by atoms with van der Waals surface area (Å²) in [6, 6.07) is -0.326. The summed E-state index contributed by atoms with van der Waals surface area (Å²) < 4.78 is 1.76. The zero-order valence-electron chi connectivity index (χ0n) is 12.8. The number of hydrogen-bond acceptors (Lipinski definition) is 4. The van der Waals surface area contributed by atoms with Crippen LogP contribution in [-0.2, 0) is 7.05 Å². The minimum absolute atomic E-state index is 0.0489. The number of urea groups is 1. The number of rotatable bonds is 5. The van der Waals surface area contributed by atoms with Crippen LogP contribution in [0, 0.1) is 6.92 Å². The summed E-state index contributed by atoms with van der Waals surface area (Å²) in [5.74, 6) is 0. The van der Waals surface area contributed by atoms with Crippen LogP contribution in [0.3, 0.4) is 0 Å². The fourth-order valence-electron chi connectivity index (χ4n) is 2.26. The Balaban J connectivity index is 1.96. The molecule has 0 aliphatic rings. The van der Waals surface area contributed by atoms with Gasteiger partial charge in [-0.1, -0.05) is 6.92 Å². The summed E-state index contributed by atoms with van der Waals surface area (Å²) in [6.07, 6.45) is 4.49. The van der Waals surface area contributed by atoms with Gasteiger partial charge in [0.2, 0.25) is 0 Å². The molecule has 7 heteroatoms. The van der Waals surface area contributed by atoms with Gasteiger partial charge in [-0.3, -0.25) is 4.68 Å². The van der Waals surface area contributed by atoms with Gasteiger partial charge >= 0.3 is 6.03 Å². The molecule has 0 aliphatic carbocycles. The van der Waals surface area contributed by atoms with Crippen molar-refractivity contribution in [2.45, 2.75) is 39.3 Å². The Bertz CT molecular complexity index is 593. The van der Waals surface area contributed by atoms with E-state index in [0.717, 1.165) is 22.7 Å². The molecule has 21 heavy (non-hydrogen) atoms. The Morgan fingerprint density at radius 1 is 1.48 bits per heavy atom. The lowest BCUT2D eigenvalue weighted by atomic mass is 10.1. The third-order valence-electron chi connectivity index (χ3n) is 3.33. The number of aromatic nitrogens is 3. The van der Waals surface area contributed by atoms with Gasteiger partial charge in [0.25, 0.3) is 0 Å². The van der Waals surface area contributed by atoms with Crippen molar-refractivity contribution in [1.82, 2.24) is 25.4 Å². The molecule has 0 radical (unpaired) electrons. The van der Waals surface area contributed by atoms with Gasteiger partial charge in [-0.25, -0.2) is 9.78 Å². The lowest BCUT2D eigenvalue weighted by Crippen LogP contribution is -2.39. The van der Waals surface area contributed by atoms with Crippen LogP contribution in [0.2, 0.25) is 0 Å². The summed E-state index contributed by atoms with van der Waals surface area (Å²) >= 11 is 1.55. The largest absolute Gasteiger partial charge is 0.332 e.